The second-order valence-electron chi connectivity index (χ2n) is 6.17. The molecule has 1 aromatic heterocycles. The number of Topliss-reactive ketones (excluding diaryl/α,β-unsaturated/α-hetero) is 1. The molecule has 1 N–H and O–H groups in total. The van der Waals surface area contributed by atoms with E-state index in [0.717, 1.165) is 0 Å². The summed E-state index contributed by atoms with van der Waals surface area (Å²) < 4.78 is 13.4. The molecule has 7 heteroatoms. The van der Waals surface area contributed by atoms with E-state index in [0.29, 0.717) is 21.2 Å². The monoisotopic (exact) mass is 413 g/mol. The normalized spacial score (nSPS) is 16.7. The number of amides is 1. The van der Waals surface area contributed by atoms with Gasteiger partial charge in [0.05, 0.1) is 16.5 Å². The van der Waals surface area contributed by atoms with Crippen molar-refractivity contribution in [3.63, 3.8) is 0 Å². The predicted octanol–water partition coefficient (Wildman–Crippen LogP) is 5.32. The van der Waals surface area contributed by atoms with Gasteiger partial charge < -0.3 is 5.11 Å². The standard InChI is InChI=1S/C21H13ClFNO3S/c22-13-5-9-15(10-6-13)24-18(12-3-7-14(23)8-4-12)17(20(26)21(24)27)19(25)16-2-1-11-28-16/h1-11,18,26H. The molecule has 2 aromatic carbocycles. The first-order chi connectivity index (χ1) is 13.5. The molecule has 1 amide bonds. The van der Waals surface area contributed by atoms with Gasteiger partial charge in [-0.05, 0) is 53.4 Å². The average molecular weight is 414 g/mol. The van der Waals surface area contributed by atoms with E-state index in [4.69, 9.17) is 11.6 Å². The highest BCUT2D eigenvalue weighted by molar-refractivity contribution is 7.12. The van der Waals surface area contributed by atoms with Gasteiger partial charge in [-0.25, -0.2) is 4.39 Å². The Hall–Kier alpha value is -2.96. The average Bonchev–Trinajstić information content (AvgIpc) is 3.31. The topological polar surface area (TPSA) is 57.6 Å². The Labute approximate surface area is 169 Å². The van der Waals surface area contributed by atoms with Crippen molar-refractivity contribution < 1.29 is 19.1 Å². The summed E-state index contributed by atoms with van der Waals surface area (Å²) in [7, 11) is 0. The zero-order chi connectivity index (χ0) is 19.8. The van der Waals surface area contributed by atoms with Crippen LogP contribution in [0, 0.1) is 5.82 Å². The zero-order valence-corrected chi connectivity index (χ0v) is 15.9. The Bertz CT molecular complexity index is 1080. The van der Waals surface area contributed by atoms with E-state index in [2.05, 4.69) is 0 Å². The molecular formula is C21H13ClFNO3S. The van der Waals surface area contributed by atoms with Gasteiger partial charge >= 0.3 is 0 Å². The minimum absolute atomic E-state index is 0.0333. The van der Waals surface area contributed by atoms with Crippen molar-refractivity contribution in [2.75, 3.05) is 4.90 Å². The highest BCUT2D eigenvalue weighted by Crippen LogP contribution is 2.42. The van der Waals surface area contributed by atoms with Crippen LogP contribution in [-0.4, -0.2) is 16.8 Å². The van der Waals surface area contributed by atoms with Gasteiger partial charge in [-0.15, -0.1) is 11.3 Å². The van der Waals surface area contributed by atoms with E-state index >= 15 is 0 Å². The number of nitrogens with zero attached hydrogens (tertiary/aromatic N) is 1. The fourth-order valence-electron chi connectivity index (χ4n) is 3.21. The molecule has 1 unspecified atom stereocenters. The lowest BCUT2D eigenvalue weighted by molar-refractivity contribution is -0.117. The molecule has 140 valence electrons. The third-order valence-electron chi connectivity index (χ3n) is 4.49. The number of halogens is 2. The molecule has 0 saturated heterocycles. The minimum atomic E-state index is -0.885. The molecule has 4 rings (SSSR count). The number of aliphatic hydroxyl groups is 1. The molecule has 1 atom stereocenters. The van der Waals surface area contributed by atoms with Crippen LogP contribution in [0.15, 0.2) is 77.4 Å². The van der Waals surface area contributed by atoms with Gasteiger partial charge in [-0.1, -0.05) is 29.8 Å². The molecule has 3 aromatic rings. The smallest absolute Gasteiger partial charge is 0.294 e. The van der Waals surface area contributed by atoms with Gasteiger partial charge in [0, 0.05) is 10.7 Å². The van der Waals surface area contributed by atoms with Crippen molar-refractivity contribution in [1.82, 2.24) is 0 Å². The number of hydrogen-bond acceptors (Lipinski definition) is 4. The maximum Gasteiger partial charge on any atom is 0.294 e. The highest BCUT2D eigenvalue weighted by atomic mass is 35.5. The first kappa shape index (κ1) is 18.4. The lowest BCUT2D eigenvalue weighted by Gasteiger charge is -2.27. The summed E-state index contributed by atoms with van der Waals surface area (Å²) in [5.74, 6) is -2.18. The van der Waals surface area contributed by atoms with Crippen molar-refractivity contribution in [2.45, 2.75) is 6.04 Å². The van der Waals surface area contributed by atoms with E-state index in [9.17, 15) is 19.1 Å². The molecule has 2 heterocycles. The molecule has 0 fully saturated rings. The maximum absolute atomic E-state index is 13.4. The van der Waals surface area contributed by atoms with Gasteiger partial charge in [-0.3, -0.25) is 14.5 Å². The highest BCUT2D eigenvalue weighted by Gasteiger charge is 2.44. The predicted molar refractivity (Wildman–Crippen MR) is 106 cm³/mol. The van der Waals surface area contributed by atoms with E-state index in [-0.39, 0.29) is 5.57 Å². The van der Waals surface area contributed by atoms with Crippen molar-refractivity contribution in [3.8, 4) is 0 Å². The summed E-state index contributed by atoms with van der Waals surface area (Å²) in [6, 6.07) is 14.4. The number of thiophene rings is 1. The van der Waals surface area contributed by atoms with Crippen LogP contribution in [0.1, 0.15) is 21.3 Å². The van der Waals surface area contributed by atoms with Gasteiger partial charge in [0.1, 0.15) is 5.82 Å². The van der Waals surface area contributed by atoms with Crippen LogP contribution in [0.4, 0.5) is 10.1 Å². The fourth-order valence-corrected chi connectivity index (χ4v) is 4.01. The van der Waals surface area contributed by atoms with Crippen LogP contribution in [0.3, 0.4) is 0 Å². The number of hydrogen-bond donors (Lipinski definition) is 1. The molecule has 0 aliphatic carbocycles. The van der Waals surface area contributed by atoms with E-state index in [1.54, 1.807) is 41.8 Å². The van der Waals surface area contributed by atoms with E-state index in [1.807, 2.05) is 0 Å². The fraction of sp³-hybridized carbons (Fsp3) is 0.0476. The van der Waals surface area contributed by atoms with Crippen LogP contribution >= 0.6 is 22.9 Å². The first-order valence-corrected chi connectivity index (χ1v) is 9.59. The van der Waals surface area contributed by atoms with E-state index < -0.39 is 29.3 Å². The van der Waals surface area contributed by atoms with E-state index in [1.165, 1.54) is 40.5 Å². The lowest BCUT2D eigenvalue weighted by atomic mass is 9.95. The number of ketones is 1. The quantitative estimate of drug-likeness (QED) is 0.588. The van der Waals surface area contributed by atoms with Crippen LogP contribution in [-0.2, 0) is 4.79 Å². The van der Waals surface area contributed by atoms with Crippen molar-refractivity contribution in [3.05, 3.63) is 98.7 Å². The van der Waals surface area contributed by atoms with Gasteiger partial charge in [0.25, 0.3) is 5.91 Å². The molecule has 1 aliphatic heterocycles. The number of carbonyl (C=O) groups excluding carboxylic acids is 2. The Morgan fingerprint density at radius 1 is 1.07 bits per heavy atom. The molecule has 0 spiro atoms. The lowest BCUT2D eigenvalue weighted by Crippen LogP contribution is -2.31. The van der Waals surface area contributed by atoms with Crippen molar-refractivity contribution >= 4 is 40.3 Å². The number of carbonyl (C=O) groups is 2. The minimum Gasteiger partial charge on any atom is -0.503 e. The Kier molecular flexibility index (Phi) is 4.75. The summed E-state index contributed by atoms with van der Waals surface area (Å²) in [4.78, 5) is 27.7. The third kappa shape index (κ3) is 3.10. The second-order valence-corrected chi connectivity index (χ2v) is 7.56. The first-order valence-electron chi connectivity index (χ1n) is 8.33. The SMILES string of the molecule is O=C(C1=C(O)C(=O)N(c2ccc(Cl)cc2)C1c1ccc(F)cc1)c1cccs1. The largest absolute Gasteiger partial charge is 0.503 e. The third-order valence-corrected chi connectivity index (χ3v) is 5.61. The molecule has 0 bridgehead atoms. The van der Waals surface area contributed by atoms with Gasteiger partial charge in [0.2, 0.25) is 5.78 Å². The molecule has 28 heavy (non-hydrogen) atoms. The molecule has 4 nitrogen and oxygen atoms in total. The number of rotatable bonds is 4. The van der Waals surface area contributed by atoms with Crippen LogP contribution in [0.2, 0.25) is 5.02 Å². The maximum atomic E-state index is 13.4. The number of anilines is 1. The second kappa shape index (κ2) is 7.22. The Morgan fingerprint density at radius 3 is 2.36 bits per heavy atom. The summed E-state index contributed by atoms with van der Waals surface area (Å²) in [6.45, 7) is 0. The molecule has 0 saturated carbocycles. The molecule has 1 aliphatic rings. The summed E-state index contributed by atoms with van der Waals surface area (Å²) in [6.07, 6.45) is 0. The van der Waals surface area contributed by atoms with Crippen LogP contribution in [0.5, 0.6) is 0 Å². The summed E-state index contributed by atoms with van der Waals surface area (Å²) in [5, 5.41) is 12.8. The van der Waals surface area contributed by atoms with Gasteiger partial charge in [0.15, 0.2) is 5.76 Å². The zero-order valence-electron chi connectivity index (χ0n) is 14.3. The molecule has 0 radical (unpaired) electrons. The van der Waals surface area contributed by atoms with Crippen LogP contribution < -0.4 is 4.90 Å². The number of benzene rings is 2. The Balaban J connectivity index is 1.88. The van der Waals surface area contributed by atoms with Crippen molar-refractivity contribution in [1.29, 1.82) is 0 Å². The Morgan fingerprint density at radius 2 is 1.75 bits per heavy atom. The van der Waals surface area contributed by atoms with Gasteiger partial charge in [-0.2, -0.15) is 0 Å². The summed E-state index contributed by atoms with van der Waals surface area (Å²) >= 11 is 7.16. The number of aliphatic hydroxyl groups excluding tert-OH is 1. The van der Waals surface area contributed by atoms with Crippen molar-refractivity contribution in [2.24, 2.45) is 0 Å². The van der Waals surface area contributed by atoms with Crippen LogP contribution in [0.25, 0.3) is 0 Å². The summed E-state index contributed by atoms with van der Waals surface area (Å²) in [5.41, 5.74) is 0.937. The molecular weight excluding hydrogens is 401 g/mol.